The van der Waals surface area contributed by atoms with Crippen molar-refractivity contribution >= 4 is 17.8 Å². The van der Waals surface area contributed by atoms with Gasteiger partial charge in [-0.1, -0.05) is 0 Å². The van der Waals surface area contributed by atoms with Crippen LogP contribution in [-0.4, -0.2) is 45.8 Å². The van der Waals surface area contributed by atoms with E-state index < -0.39 is 6.10 Å². The van der Waals surface area contributed by atoms with Crippen molar-refractivity contribution in [2.24, 2.45) is 5.84 Å². The molecule has 1 heterocycles. The van der Waals surface area contributed by atoms with Crippen molar-refractivity contribution in [3.63, 3.8) is 0 Å². The molecular formula is C10H21N7O. The molecular weight excluding hydrogens is 234 g/mol. The van der Waals surface area contributed by atoms with E-state index in [0.717, 1.165) is 13.1 Å². The van der Waals surface area contributed by atoms with Crippen molar-refractivity contribution in [2.45, 2.75) is 26.9 Å². The monoisotopic (exact) mass is 255 g/mol. The molecule has 0 spiro atoms. The van der Waals surface area contributed by atoms with Crippen molar-refractivity contribution in [1.29, 1.82) is 0 Å². The molecule has 0 aliphatic rings. The summed E-state index contributed by atoms with van der Waals surface area (Å²) in [6, 6.07) is 0. The van der Waals surface area contributed by atoms with Crippen LogP contribution in [0.1, 0.15) is 20.8 Å². The summed E-state index contributed by atoms with van der Waals surface area (Å²) in [4.78, 5) is 14.5. The molecule has 1 atom stereocenters. The zero-order valence-electron chi connectivity index (χ0n) is 11.0. The Morgan fingerprint density at radius 3 is 2.33 bits per heavy atom. The number of hydrazine groups is 1. The van der Waals surface area contributed by atoms with Gasteiger partial charge >= 0.3 is 0 Å². The number of hydrogen-bond acceptors (Lipinski definition) is 8. The van der Waals surface area contributed by atoms with Crippen LogP contribution in [0.3, 0.4) is 0 Å². The molecule has 0 fully saturated rings. The molecule has 8 nitrogen and oxygen atoms in total. The molecule has 102 valence electrons. The highest BCUT2D eigenvalue weighted by Crippen LogP contribution is 2.12. The van der Waals surface area contributed by atoms with Gasteiger partial charge < -0.3 is 15.3 Å². The topological polar surface area (TPSA) is 112 Å². The van der Waals surface area contributed by atoms with Crippen molar-refractivity contribution in [3.05, 3.63) is 0 Å². The first kappa shape index (κ1) is 14.4. The molecule has 1 rings (SSSR count). The summed E-state index contributed by atoms with van der Waals surface area (Å²) in [6.07, 6.45) is -0.479. The van der Waals surface area contributed by atoms with Gasteiger partial charge in [0.15, 0.2) is 0 Å². The Morgan fingerprint density at radius 1 is 1.22 bits per heavy atom. The van der Waals surface area contributed by atoms with E-state index in [1.54, 1.807) is 6.92 Å². The minimum Gasteiger partial charge on any atom is -0.392 e. The molecule has 8 heteroatoms. The maximum absolute atomic E-state index is 9.23. The highest BCUT2D eigenvalue weighted by atomic mass is 16.3. The highest BCUT2D eigenvalue weighted by Gasteiger charge is 2.10. The fraction of sp³-hybridized carbons (Fsp3) is 0.700. The second-order valence-corrected chi connectivity index (χ2v) is 3.83. The Bertz CT molecular complexity index is 367. The molecule has 1 aromatic rings. The molecule has 0 radical (unpaired) electrons. The van der Waals surface area contributed by atoms with Crippen molar-refractivity contribution in [3.8, 4) is 0 Å². The largest absolute Gasteiger partial charge is 0.392 e. The molecule has 0 saturated carbocycles. The lowest BCUT2D eigenvalue weighted by Crippen LogP contribution is -2.26. The molecule has 0 aromatic carbocycles. The van der Waals surface area contributed by atoms with Gasteiger partial charge in [-0.15, -0.1) is 0 Å². The summed E-state index contributed by atoms with van der Waals surface area (Å²) in [5.74, 6) is 6.56. The number of nitrogens with zero attached hydrogens (tertiary/aromatic N) is 4. The Hall–Kier alpha value is -1.67. The van der Waals surface area contributed by atoms with E-state index in [0.29, 0.717) is 24.4 Å². The van der Waals surface area contributed by atoms with Crippen LogP contribution in [0.25, 0.3) is 0 Å². The van der Waals surface area contributed by atoms with E-state index in [4.69, 9.17) is 5.84 Å². The zero-order chi connectivity index (χ0) is 13.5. The van der Waals surface area contributed by atoms with Crippen LogP contribution in [0.2, 0.25) is 0 Å². The molecule has 0 aliphatic carbocycles. The first-order valence-electron chi connectivity index (χ1n) is 6.00. The fourth-order valence-corrected chi connectivity index (χ4v) is 1.40. The third-order valence-corrected chi connectivity index (χ3v) is 2.35. The van der Waals surface area contributed by atoms with Gasteiger partial charge in [-0.2, -0.15) is 15.0 Å². The van der Waals surface area contributed by atoms with Crippen LogP contribution in [0.4, 0.5) is 17.8 Å². The predicted molar refractivity (Wildman–Crippen MR) is 71.4 cm³/mol. The van der Waals surface area contributed by atoms with E-state index in [-0.39, 0.29) is 0 Å². The average molecular weight is 255 g/mol. The molecule has 5 N–H and O–H groups in total. The first-order chi connectivity index (χ1) is 8.60. The third kappa shape index (κ3) is 3.97. The van der Waals surface area contributed by atoms with E-state index >= 15 is 0 Å². The number of nitrogens with two attached hydrogens (primary N) is 1. The van der Waals surface area contributed by atoms with Gasteiger partial charge in [0, 0.05) is 19.6 Å². The van der Waals surface area contributed by atoms with Gasteiger partial charge in [-0.25, -0.2) is 5.84 Å². The number of anilines is 3. The molecule has 0 aliphatic heterocycles. The molecule has 0 amide bonds. The van der Waals surface area contributed by atoms with Crippen molar-refractivity contribution in [2.75, 3.05) is 35.3 Å². The van der Waals surface area contributed by atoms with E-state index in [1.165, 1.54) is 0 Å². The second-order valence-electron chi connectivity index (χ2n) is 3.83. The van der Waals surface area contributed by atoms with E-state index in [1.807, 2.05) is 18.7 Å². The van der Waals surface area contributed by atoms with Crippen LogP contribution in [-0.2, 0) is 0 Å². The fourth-order valence-electron chi connectivity index (χ4n) is 1.40. The average Bonchev–Trinajstić information content (AvgIpc) is 2.37. The van der Waals surface area contributed by atoms with Gasteiger partial charge in [-0.05, 0) is 20.8 Å². The summed E-state index contributed by atoms with van der Waals surface area (Å²) < 4.78 is 0. The van der Waals surface area contributed by atoms with Gasteiger partial charge in [0.25, 0.3) is 0 Å². The number of aliphatic hydroxyl groups excluding tert-OH is 1. The van der Waals surface area contributed by atoms with Gasteiger partial charge in [0.2, 0.25) is 17.8 Å². The van der Waals surface area contributed by atoms with E-state index in [9.17, 15) is 5.11 Å². The number of rotatable bonds is 7. The zero-order valence-corrected chi connectivity index (χ0v) is 11.0. The Labute approximate surface area is 107 Å². The normalized spacial score (nSPS) is 12.1. The number of nitrogen functional groups attached to an aromatic ring is 1. The highest BCUT2D eigenvalue weighted by molar-refractivity contribution is 5.43. The Balaban J connectivity index is 2.93. The molecule has 18 heavy (non-hydrogen) atoms. The molecule has 1 unspecified atom stereocenters. The van der Waals surface area contributed by atoms with Crippen LogP contribution >= 0.6 is 0 Å². The summed E-state index contributed by atoms with van der Waals surface area (Å²) in [6.45, 7) is 7.67. The third-order valence-electron chi connectivity index (χ3n) is 2.35. The maximum atomic E-state index is 9.23. The molecule has 0 saturated heterocycles. The van der Waals surface area contributed by atoms with Crippen molar-refractivity contribution < 1.29 is 5.11 Å². The predicted octanol–water partition coefficient (Wildman–Crippen LogP) is -0.204. The number of hydrogen-bond donors (Lipinski definition) is 4. The summed E-state index contributed by atoms with van der Waals surface area (Å²) in [7, 11) is 0. The Morgan fingerprint density at radius 2 is 1.83 bits per heavy atom. The number of aromatic nitrogens is 3. The lowest BCUT2D eigenvalue weighted by atomic mass is 10.4. The molecule has 1 aromatic heterocycles. The van der Waals surface area contributed by atoms with E-state index in [2.05, 4.69) is 25.7 Å². The van der Waals surface area contributed by atoms with Gasteiger partial charge in [0.05, 0.1) is 6.10 Å². The van der Waals surface area contributed by atoms with Crippen LogP contribution in [0.15, 0.2) is 0 Å². The second kappa shape index (κ2) is 6.92. The SMILES string of the molecule is CCN(CC)c1nc(NN)nc(NCC(C)O)n1. The number of nitrogens with one attached hydrogen (secondary N) is 2. The maximum Gasteiger partial charge on any atom is 0.243 e. The molecule has 0 bridgehead atoms. The smallest absolute Gasteiger partial charge is 0.243 e. The quantitative estimate of drug-likeness (QED) is 0.391. The lowest BCUT2D eigenvalue weighted by molar-refractivity contribution is 0.208. The van der Waals surface area contributed by atoms with Crippen LogP contribution in [0, 0.1) is 0 Å². The summed E-state index contributed by atoms with van der Waals surface area (Å²) in [5, 5.41) is 12.2. The summed E-state index contributed by atoms with van der Waals surface area (Å²) >= 11 is 0. The minimum atomic E-state index is -0.479. The van der Waals surface area contributed by atoms with Crippen LogP contribution in [0.5, 0.6) is 0 Å². The van der Waals surface area contributed by atoms with Gasteiger partial charge in [0.1, 0.15) is 0 Å². The lowest BCUT2D eigenvalue weighted by Gasteiger charge is -2.19. The van der Waals surface area contributed by atoms with Crippen LogP contribution < -0.4 is 21.5 Å². The summed E-state index contributed by atoms with van der Waals surface area (Å²) in [5.41, 5.74) is 2.41. The minimum absolute atomic E-state index is 0.292. The van der Waals surface area contributed by atoms with Crippen molar-refractivity contribution in [1.82, 2.24) is 15.0 Å². The number of aliphatic hydroxyl groups is 1. The standard InChI is InChI=1S/C10H21N7O/c1-4-17(5-2)10-14-8(12-6-7(3)18)13-9(15-10)16-11/h7,18H,4-6,11H2,1-3H3,(H2,12,13,14,15,16). The van der Waals surface area contributed by atoms with Gasteiger partial charge in [-0.3, -0.25) is 5.43 Å². The first-order valence-corrected chi connectivity index (χ1v) is 6.00. The Kier molecular flexibility index (Phi) is 5.53.